The summed E-state index contributed by atoms with van der Waals surface area (Å²) in [5, 5.41) is 3.64. The Bertz CT molecular complexity index is 569. The van der Waals surface area contributed by atoms with E-state index in [-0.39, 0.29) is 5.75 Å². The zero-order chi connectivity index (χ0) is 14.9. The summed E-state index contributed by atoms with van der Waals surface area (Å²) in [6, 6.07) is 11.2. The molecule has 0 aromatic heterocycles. The second kappa shape index (κ2) is 6.07. The van der Waals surface area contributed by atoms with Crippen LogP contribution < -0.4 is 5.32 Å². The second-order valence-corrected chi connectivity index (χ2v) is 8.66. The second-order valence-electron chi connectivity index (χ2n) is 6.40. The first kappa shape index (κ1) is 15.0. The fraction of sp³-hybridized carbons (Fsp3) is 0.625. The molecule has 0 amide bonds. The van der Waals surface area contributed by atoms with E-state index in [4.69, 9.17) is 0 Å². The highest BCUT2D eigenvalue weighted by Crippen LogP contribution is 2.37. The molecule has 1 N–H and O–H groups in total. The number of benzene rings is 1. The summed E-state index contributed by atoms with van der Waals surface area (Å²) >= 11 is 0. The van der Waals surface area contributed by atoms with Gasteiger partial charge in [-0.2, -0.15) is 0 Å². The van der Waals surface area contributed by atoms with Crippen LogP contribution in [0, 0.1) is 5.92 Å². The van der Waals surface area contributed by atoms with Crippen molar-refractivity contribution in [1.29, 1.82) is 0 Å². The van der Waals surface area contributed by atoms with Crippen LogP contribution in [-0.2, 0) is 9.84 Å². The molecule has 1 saturated carbocycles. The molecule has 5 heteroatoms. The van der Waals surface area contributed by atoms with Gasteiger partial charge in [0, 0.05) is 38.0 Å². The largest absolute Gasteiger partial charge is 0.307 e. The molecule has 2 atom stereocenters. The molecule has 2 unspecified atom stereocenters. The van der Waals surface area contributed by atoms with Gasteiger partial charge in [-0.25, -0.2) is 8.42 Å². The van der Waals surface area contributed by atoms with Crippen LogP contribution in [0.2, 0.25) is 0 Å². The van der Waals surface area contributed by atoms with E-state index >= 15 is 0 Å². The standard InChI is InChI=1S/C16H24N2O2S/c1-21(19,20)10-9-18-12-15(13-5-3-2-4-6-13)17-11-16(18)14-7-8-14/h2-6,14-17H,7-12H2,1H3. The Balaban J connectivity index is 1.69. The van der Waals surface area contributed by atoms with Crippen molar-refractivity contribution in [3.63, 3.8) is 0 Å². The van der Waals surface area contributed by atoms with E-state index < -0.39 is 9.84 Å². The minimum atomic E-state index is -2.90. The minimum absolute atomic E-state index is 0.262. The van der Waals surface area contributed by atoms with Crippen LogP contribution in [0.25, 0.3) is 0 Å². The number of rotatable bonds is 5. The zero-order valence-corrected chi connectivity index (χ0v) is 13.3. The van der Waals surface area contributed by atoms with E-state index in [0.717, 1.165) is 19.0 Å². The molecule has 1 aliphatic heterocycles. The van der Waals surface area contributed by atoms with Crippen LogP contribution in [-0.4, -0.2) is 51.0 Å². The molecule has 1 aromatic carbocycles. The van der Waals surface area contributed by atoms with Crippen molar-refractivity contribution in [2.75, 3.05) is 31.6 Å². The third kappa shape index (κ3) is 4.05. The lowest BCUT2D eigenvalue weighted by Crippen LogP contribution is -2.54. The highest BCUT2D eigenvalue weighted by atomic mass is 32.2. The molecule has 0 radical (unpaired) electrons. The maximum Gasteiger partial charge on any atom is 0.148 e. The summed E-state index contributed by atoms with van der Waals surface area (Å²) < 4.78 is 23.0. The Kier molecular flexibility index (Phi) is 4.33. The Morgan fingerprint density at radius 2 is 1.95 bits per heavy atom. The molecule has 116 valence electrons. The molecule has 3 rings (SSSR count). The summed E-state index contributed by atoms with van der Waals surface area (Å²) in [5.74, 6) is 1.02. The van der Waals surface area contributed by atoms with Crippen LogP contribution in [0.4, 0.5) is 0 Å². The number of nitrogens with zero attached hydrogens (tertiary/aromatic N) is 1. The fourth-order valence-corrected chi connectivity index (χ4v) is 3.79. The van der Waals surface area contributed by atoms with Crippen molar-refractivity contribution < 1.29 is 8.42 Å². The zero-order valence-electron chi connectivity index (χ0n) is 12.5. The molecule has 0 spiro atoms. The number of hydrogen-bond acceptors (Lipinski definition) is 4. The van der Waals surface area contributed by atoms with Gasteiger partial charge in [-0.3, -0.25) is 4.90 Å². The lowest BCUT2D eigenvalue weighted by atomic mass is 10.00. The van der Waals surface area contributed by atoms with Crippen LogP contribution in [0.5, 0.6) is 0 Å². The van der Waals surface area contributed by atoms with E-state index in [1.54, 1.807) is 0 Å². The highest BCUT2D eigenvalue weighted by Gasteiger charge is 2.38. The number of piperazine rings is 1. The van der Waals surface area contributed by atoms with E-state index in [9.17, 15) is 8.42 Å². The van der Waals surface area contributed by atoms with Crippen LogP contribution >= 0.6 is 0 Å². The quantitative estimate of drug-likeness (QED) is 0.894. The average molecular weight is 308 g/mol. The molecule has 0 bridgehead atoms. The maximum atomic E-state index is 11.5. The van der Waals surface area contributed by atoms with Gasteiger partial charge in [-0.05, 0) is 24.3 Å². The summed E-state index contributed by atoms with van der Waals surface area (Å²) in [6.45, 7) is 2.53. The molecule has 1 saturated heterocycles. The Hall–Kier alpha value is -0.910. The van der Waals surface area contributed by atoms with Gasteiger partial charge in [0.2, 0.25) is 0 Å². The third-order valence-electron chi connectivity index (χ3n) is 4.58. The average Bonchev–Trinajstić information content (AvgIpc) is 3.29. The van der Waals surface area contributed by atoms with E-state index in [0.29, 0.717) is 18.6 Å². The lowest BCUT2D eigenvalue weighted by molar-refractivity contribution is 0.122. The molecule has 1 heterocycles. The van der Waals surface area contributed by atoms with Crippen molar-refractivity contribution in [2.24, 2.45) is 5.92 Å². The van der Waals surface area contributed by atoms with Crippen molar-refractivity contribution in [3.8, 4) is 0 Å². The molecule has 1 aliphatic carbocycles. The number of sulfone groups is 1. The Morgan fingerprint density at radius 3 is 2.57 bits per heavy atom. The molecule has 2 aliphatic rings. The van der Waals surface area contributed by atoms with Crippen molar-refractivity contribution in [2.45, 2.75) is 24.9 Å². The van der Waals surface area contributed by atoms with Gasteiger partial charge in [0.25, 0.3) is 0 Å². The molecular formula is C16H24N2O2S. The summed E-state index contributed by atoms with van der Waals surface area (Å²) in [4.78, 5) is 2.40. The van der Waals surface area contributed by atoms with Crippen LogP contribution in [0.1, 0.15) is 24.4 Å². The summed E-state index contributed by atoms with van der Waals surface area (Å²) in [7, 11) is -2.90. The van der Waals surface area contributed by atoms with Gasteiger partial charge in [0.05, 0.1) is 5.75 Å². The van der Waals surface area contributed by atoms with Crippen molar-refractivity contribution >= 4 is 9.84 Å². The van der Waals surface area contributed by atoms with Gasteiger partial charge in [0.15, 0.2) is 0 Å². The first-order valence-corrected chi connectivity index (χ1v) is 9.79. The molecule has 4 nitrogen and oxygen atoms in total. The monoisotopic (exact) mass is 308 g/mol. The normalized spacial score (nSPS) is 27.7. The molecule has 2 fully saturated rings. The first-order valence-electron chi connectivity index (χ1n) is 7.73. The summed E-state index contributed by atoms with van der Waals surface area (Å²) in [5.41, 5.74) is 1.29. The number of hydrogen-bond donors (Lipinski definition) is 1. The van der Waals surface area contributed by atoms with Crippen molar-refractivity contribution in [1.82, 2.24) is 10.2 Å². The first-order chi connectivity index (χ1) is 10.0. The van der Waals surface area contributed by atoms with Crippen LogP contribution in [0.15, 0.2) is 30.3 Å². The predicted molar refractivity (Wildman–Crippen MR) is 85.0 cm³/mol. The summed E-state index contributed by atoms with van der Waals surface area (Å²) in [6.07, 6.45) is 3.91. The maximum absolute atomic E-state index is 11.5. The van der Waals surface area contributed by atoms with E-state index in [1.807, 2.05) is 6.07 Å². The van der Waals surface area contributed by atoms with Gasteiger partial charge >= 0.3 is 0 Å². The Labute approximate surface area is 127 Å². The van der Waals surface area contributed by atoms with Gasteiger partial charge in [-0.1, -0.05) is 30.3 Å². The van der Waals surface area contributed by atoms with Gasteiger partial charge in [-0.15, -0.1) is 0 Å². The van der Waals surface area contributed by atoms with Gasteiger partial charge < -0.3 is 5.32 Å². The third-order valence-corrected chi connectivity index (χ3v) is 5.50. The van der Waals surface area contributed by atoms with Crippen LogP contribution in [0.3, 0.4) is 0 Å². The van der Waals surface area contributed by atoms with Crippen molar-refractivity contribution in [3.05, 3.63) is 35.9 Å². The topological polar surface area (TPSA) is 49.4 Å². The molecule has 21 heavy (non-hydrogen) atoms. The minimum Gasteiger partial charge on any atom is -0.307 e. The highest BCUT2D eigenvalue weighted by molar-refractivity contribution is 7.90. The number of nitrogens with one attached hydrogen (secondary N) is 1. The molecule has 1 aromatic rings. The van der Waals surface area contributed by atoms with E-state index in [1.165, 1.54) is 24.7 Å². The fourth-order valence-electron chi connectivity index (χ4n) is 3.22. The predicted octanol–water partition coefficient (Wildman–Crippen LogP) is 1.46. The smallest absolute Gasteiger partial charge is 0.148 e. The SMILES string of the molecule is CS(=O)(=O)CCN1CC(c2ccccc2)NCC1C1CC1. The van der Waals surface area contributed by atoms with Gasteiger partial charge in [0.1, 0.15) is 9.84 Å². The Morgan fingerprint density at radius 1 is 1.24 bits per heavy atom. The lowest BCUT2D eigenvalue weighted by Gasteiger charge is -2.41. The van der Waals surface area contributed by atoms with E-state index in [2.05, 4.69) is 34.5 Å². The molecular weight excluding hydrogens is 284 g/mol.